The number of aromatic nitrogens is 3. The standard InChI is InChI=1S/C21H23N5O2/c1-21(2,3)15-6-4-13(5-7-15)19(27)23-18-16-11-26(12-17(16)24-25-18)20(28)14-8-9-22-10-14/h4-10,22H,11-12H2,1-3H3,(H2,23,24,25,27). The van der Waals surface area contributed by atoms with E-state index in [-0.39, 0.29) is 17.2 Å². The van der Waals surface area contributed by atoms with Crippen LogP contribution in [0.15, 0.2) is 42.7 Å². The van der Waals surface area contributed by atoms with Crippen molar-refractivity contribution in [3.8, 4) is 0 Å². The largest absolute Gasteiger partial charge is 0.367 e. The molecule has 0 bridgehead atoms. The zero-order chi connectivity index (χ0) is 19.9. The number of anilines is 1. The Morgan fingerprint density at radius 3 is 2.46 bits per heavy atom. The maximum atomic E-state index is 12.6. The molecule has 3 N–H and O–H groups in total. The number of amides is 2. The van der Waals surface area contributed by atoms with Crippen molar-refractivity contribution in [2.24, 2.45) is 0 Å². The first-order chi connectivity index (χ1) is 13.3. The van der Waals surface area contributed by atoms with Gasteiger partial charge in [0, 0.05) is 23.5 Å². The van der Waals surface area contributed by atoms with Gasteiger partial charge in [-0.25, -0.2) is 0 Å². The monoisotopic (exact) mass is 377 g/mol. The lowest BCUT2D eigenvalue weighted by molar-refractivity contribution is 0.0750. The van der Waals surface area contributed by atoms with E-state index in [1.165, 1.54) is 5.56 Å². The summed E-state index contributed by atoms with van der Waals surface area (Å²) in [5.74, 6) is 0.279. The van der Waals surface area contributed by atoms with E-state index in [4.69, 9.17) is 0 Å². The zero-order valence-electron chi connectivity index (χ0n) is 16.2. The third kappa shape index (κ3) is 3.31. The van der Waals surface area contributed by atoms with Gasteiger partial charge in [-0.05, 0) is 29.2 Å². The molecule has 144 valence electrons. The molecule has 2 amide bonds. The number of nitrogens with one attached hydrogen (secondary N) is 3. The summed E-state index contributed by atoms with van der Waals surface area (Å²) in [5, 5.41) is 10.0. The summed E-state index contributed by atoms with van der Waals surface area (Å²) < 4.78 is 0. The number of fused-ring (bicyclic) bond motifs is 1. The summed E-state index contributed by atoms with van der Waals surface area (Å²) >= 11 is 0. The molecule has 0 aliphatic carbocycles. The van der Waals surface area contributed by atoms with Crippen molar-refractivity contribution in [1.29, 1.82) is 0 Å². The van der Waals surface area contributed by atoms with Crippen molar-refractivity contribution in [2.75, 3.05) is 5.32 Å². The van der Waals surface area contributed by atoms with Gasteiger partial charge in [0.05, 0.1) is 24.3 Å². The van der Waals surface area contributed by atoms with Crippen LogP contribution in [0, 0.1) is 0 Å². The summed E-state index contributed by atoms with van der Waals surface area (Å²) in [6, 6.07) is 9.35. The van der Waals surface area contributed by atoms with Crippen molar-refractivity contribution in [3.05, 3.63) is 70.7 Å². The first-order valence-corrected chi connectivity index (χ1v) is 9.23. The predicted octanol–water partition coefficient (Wildman–Crippen LogP) is 3.44. The second-order valence-electron chi connectivity index (χ2n) is 8.07. The van der Waals surface area contributed by atoms with Crippen molar-refractivity contribution < 1.29 is 9.59 Å². The Bertz CT molecular complexity index is 1010. The molecule has 1 aromatic carbocycles. The van der Waals surface area contributed by atoms with E-state index in [1.54, 1.807) is 23.4 Å². The molecule has 0 radical (unpaired) electrons. The highest BCUT2D eigenvalue weighted by atomic mass is 16.2. The highest BCUT2D eigenvalue weighted by Gasteiger charge is 2.29. The number of nitrogens with zero attached hydrogens (tertiary/aromatic N) is 2. The first-order valence-electron chi connectivity index (χ1n) is 9.23. The Kier molecular flexibility index (Phi) is 4.30. The highest BCUT2D eigenvalue weighted by Crippen LogP contribution is 2.29. The molecule has 28 heavy (non-hydrogen) atoms. The van der Waals surface area contributed by atoms with Gasteiger partial charge in [-0.15, -0.1) is 0 Å². The van der Waals surface area contributed by atoms with E-state index < -0.39 is 0 Å². The molecule has 2 aromatic heterocycles. The Morgan fingerprint density at radius 2 is 1.82 bits per heavy atom. The van der Waals surface area contributed by atoms with Crippen molar-refractivity contribution in [3.63, 3.8) is 0 Å². The van der Waals surface area contributed by atoms with Gasteiger partial charge in [0.25, 0.3) is 11.8 Å². The molecule has 3 aromatic rings. The molecule has 0 atom stereocenters. The maximum Gasteiger partial charge on any atom is 0.256 e. The molecule has 1 aliphatic rings. The Labute approximate surface area is 163 Å². The van der Waals surface area contributed by atoms with Gasteiger partial charge in [0.1, 0.15) is 5.82 Å². The number of H-pyrrole nitrogens is 2. The van der Waals surface area contributed by atoms with E-state index in [2.05, 4.69) is 41.3 Å². The number of aromatic amines is 2. The van der Waals surface area contributed by atoms with Crippen LogP contribution in [0.4, 0.5) is 5.82 Å². The van der Waals surface area contributed by atoms with Crippen LogP contribution in [0.25, 0.3) is 0 Å². The summed E-state index contributed by atoms with van der Waals surface area (Å²) in [6.07, 6.45) is 3.40. The minimum absolute atomic E-state index is 0.0364. The summed E-state index contributed by atoms with van der Waals surface area (Å²) in [6.45, 7) is 7.24. The first kappa shape index (κ1) is 18.0. The third-order valence-electron chi connectivity index (χ3n) is 5.03. The predicted molar refractivity (Wildman–Crippen MR) is 106 cm³/mol. The second kappa shape index (κ2) is 6.67. The minimum atomic E-state index is -0.206. The Hall–Kier alpha value is -3.35. The van der Waals surface area contributed by atoms with Crippen LogP contribution in [0.3, 0.4) is 0 Å². The average molecular weight is 377 g/mol. The fraction of sp³-hybridized carbons (Fsp3) is 0.286. The van der Waals surface area contributed by atoms with E-state index in [0.717, 1.165) is 11.3 Å². The number of hydrogen-bond donors (Lipinski definition) is 3. The summed E-state index contributed by atoms with van der Waals surface area (Å²) in [7, 11) is 0. The van der Waals surface area contributed by atoms with E-state index in [1.807, 2.05) is 24.3 Å². The van der Waals surface area contributed by atoms with Crippen molar-refractivity contribution >= 4 is 17.6 Å². The van der Waals surface area contributed by atoms with Crippen LogP contribution in [0.2, 0.25) is 0 Å². The number of rotatable bonds is 3. The Balaban J connectivity index is 1.47. The van der Waals surface area contributed by atoms with Crippen molar-refractivity contribution in [1.82, 2.24) is 20.1 Å². The zero-order valence-corrected chi connectivity index (χ0v) is 16.2. The van der Waals surface area contributed by atoms with Gasteiger partial charge in [-0.2, -0.15) is 5.10 Å². The number of hydrogen-bond acceptors (Lipinski definition) is 3. The molecule has 0 fully saturated rings. The van der Waals surface area contributed by atoms with Gasteiger partial charge in [-0.1, -0.05) is 32.9 Å². The van der Waals surface area contributed by atoms with E-state index in [0.29, 0.717) is 30.0 Å². The lowest BCUT2D eigenvalue weighted by Crippen LogP contribution is -2.25. The fourth-order valence-corrected chi connectivity index (χ4v) is 3.33. The number of benzene rings is 1. The van der Waals surface area contributed by atoms with Crippen molar-refractivity contribution in [2.45, 2.75) is 39.3 Å². The second-order valence-corrected chi connectivity index (χ2v) is 8.07. The van der Waals surface area contributed by atoms with Crippen LogP contribution in [-0.2, 0) is 18.5 Å². The van der Waals surface area contributed by atoms with E-state index >= 15 is 0 Å². The SMILES string of the molecule is CC(C)(C)c1ccc(C(=O)Nc2[nH]nc3c2CN(C(=O)c2cc[nH]c2)C3)cc1. The lowest BCUT2D eigenvalue weighted by Gasteiger charge is -2.19. The molecule has 0 saturated carbocycles. The van der Waals surface area contributed by atoms with Gasteiger partial charge in [0.2, 0.25) is 0 Å². The quantitative estimate of drug-likeness (QED) is 0.653. The fourth-order valence-electron chi connectivity index (χ4n) is 3.33. The topological polar surface area (TPSA) is 93.9 Å². The molecule has 7 nitrogen and oxygen atoms in total. The summed E-state index contributed by atoms with van der Waals surface area (Å²) in [5.41, 5.74) is 4.03. The molecular formula is C21H23N5O2. The molecule has 4 rings (SSSR count). The molecule has 0 unspecified atom stereocenters. The van der Waals surface area contributed by atoms with E-state index in [9.17, 15) is 9.59 Å². The molecule has 3 heterocycles. The normalized spacial score (nSPS) is 13.5. The van der Waals surface area contributed by atoms with Crippen LogP contribution in [0.5, 0.6) is 0 Å². The van der Waals surface area contributed by atoms with Gasteiger partial charge in [-0.3, -0.25) is 14.7 Å². The highest BCUT2D eigenvalue weighted by molar-refractivity contribution is 6.04. The molecular weight excluding hydrogens is 354 g/mol. The van der Waals surface area contributed by atoms with Gasteiger partial charge in [0.15, 0.2) is 0 Å². The van der Waals surface area contributed by atoms with Crippen LogP contribution in [-0.4, -0.2) is 31.9 Å². The van der Waals surface area contributed by atoms with Crippen LogP contribution in [0.1, 0.15) is 58.3 Å². The molecule has 7 heteroatoms. The molecule has 0 spiro atoms. The number of carbonyl (C=O) groups excluding carboxylic acids is 2. The molecule has 0 saturated heterocycles. The average Bonchev–Trinajstić information content (AvgIpc) is 3.39. The maximum absolute atomic E-state index is 12.6. The summed E-state index contributed by atoms with van der Waals surface area (Å²) in [4.78, 5) is 29.8. The van der Waals surface area contributed by atoms with Gasteiger partial charge >= 0.3 is 0 Å². The van der Waals surface area contributed by atoms with Crippen LogP contribution >= 0.6 is 0 Å². The third-order valence-corrected chi connectivity index (χ3v) is 5.03. The lowest BCUT2D eigenvalue weighted by atomic mass is 9.87. The minimum Gasteiger partial charge on any atom is -0.367 e. The smallest absolute Gasteiger partial charge is 0.256 e. The Morgan fingerprint density at radius 1 is 1.07 bits per heavy atom. The van der Waals surface area contributed by atoms with Crippen LogP contribution < -0.4 is 5.32 Å². The number of carbonyl (C=O) groups is 2. The van der Waals surface area contributed by atoms with Gasteiger partial charge < -0.3 is 15.2 Å². The molecule has 1 aliphatic heterocycles.